The fourth-order valence-corrected chi connectivity index (χ4v) is 4.92. The van der Waals surface area contributed by atoms with Gasteiger partial charge in [0.05, 0.1) is 23.2 Å². The molecule has 1 atom stereocenters. The number of piperidine rings is 1. The van der Waals surface area contributed by atoms with E-state index in [1.165, 1.54) is 15.8 Å². The van der Waals surface area contributed by atoms with Gasteiger partial charge >= 0.3 is 0 Å². The number of nitrogens with zero attached hydrogens (tertiary/aromatic N) is 2. The van der Waals surface area contributed by atoms with Crippen molar-refractivity contribution in [3.8, 4) is 5.75 Å². The van der Waals surface area contributed by atoms with Gasteiger partial charge in [0.25, 0.3) is 0 Å². The second-order valence-electron chi connectivity index (χ2n) is 7.65. The van der Waals surface area contributed by atoms with Crippen molar-refractivity contribution in [2.24, 2.45) is 5.92 Å². The van der Waals surface area contributed by atoms with Crippen molar-refractivity contribution in [1.29, 1.82) is 0 Å². The third-order valence-electron chi connectivity index (χ3n) is 5.40. The summed E-state index contributed by atoms with van der Waals surface area (Å²) < 4.78 is 6.53. The molecule has 2 heterocycles. The van der Waals surface area contributed by atoms with E-state index < -0.39 is 0 Å². The van der Waals surface area contributed by atoms with Gasteiger partial charge in [0.15, 0.2) is 5.13 Å². The molecule has 0 radical (unpaired) electrons. The Morgan fingerprint density at radius 3 is 3.00 bits per heavy atom. The lowest BCUT2D eigenvalue weighted by Crippen LogP contribution is -2.43. The zero-order valence-electron chi connectivity index (χ0n) is 17.0. The first-order chi connectivity index (χ1) is 14.1. The van der Waals surface area contributed by atoms with Crippen LogP contribution in [0, 0.1) is 12.8 Å². The first kappa shape index (κ1) is 19.7. The summed E-state index contributed by atoms with van der Waals surface area (Å²) in [5.74, 6) is 1.03. The molecule has 0 spiro atoms. The van der Waals surface area contributed by atoms with Gasteiger partial charge < -0.3 is 15.0 Å². The van der Waals surface area contributed by atoms with E-state index >= 15 is 0 Å². The van der Waals surface area contributed by atoms with E-state index in [0.717, 1.165) is 48.7 Å². The van der Waals surface area contributed by atoms with Crippen molar-refractivity contribution in [3.05, 3.63) is 53.6 Å². The van der Waals surface area contributed by atoms with Crippen LogP contribution in [0.3, 0.4) is 0 Å². The number of fused-ring (bicyclic) bond motifs is 1. The number of hydrogen-bond donors (Lipinski definition) is 1. The summed E-state index contributed by atoms with van der Waals surface area (Å²) in [7, 11) is 1.68. The van der Waals surface area contributed by atoms with E-state index in [2.05, 4.69) is 29.3 Å². The molecule has 29 heavy (non-hydrogen) atoms. The average molecular weight is 410 g/mol. The zero-order chi connectivity index (χ0) is 20.2. The number of nitrogens with one attached hydrogen (secondary N) is 1. The molecule has 2 aromatic carbocycles. The number of aromatic nitrogens is 1. The minimum absolute atomic E-state index is 0.0165. The van der Waals surface area contributed by atoms with Crippen molar-refractivity contribution in [3.63, 3.8) is 0 Å². The van der Waals surface area contributed by atoms with Gasteiger partial charge in [0.2, 0.25) is 5.91 Å². The third-order valence-corrected chi connectivity index (χ3v) is 6.50. The monoisotopic (exact) mass is 409 g/mol. The molecule has 1 unspecified atom stereocenters. The molecule has 6 heteroatoms. The number of rotatable bonds is 6. The van der Waals surface area contributed by atoms with Gasteiger partial charge in [-0.3, -0.25) is 4.79 Å². The summed E-state index contributed by atoms with van der Waals surface area (Å²) in [5.41, 5.74) is 3.39. The Balaban J connectivity index is 1.33. The minimum Gasteiger partial charge on any atom is -0.497 e. The van der Waals surface area contributed by atoms with Crippen LogP contribution in [0.2, 0.25) is 0 Å². The molecule has 1 aromatic heterocycles. The maximum atomic E-state index is 12.7. The van der Waals surface area contributed by atoms with E-state index in [9.17, 15) is 4.79 Å². The molecule has 1 aliphatic rings. The highest BCUT2D eigenvalue weighted by atomic mass is 32.1. The maximum absolute atomic E-state index is 12.7. The number of hydrogen-bond acceptors (Lipinski definition) is 5. The predicted molar refractivity (Wildman–Crippen MR) is 119 cm³/mol. The van der Waals surface area contributed by atoms with E-state index in [0.29, 0.717) is 6.54 Å². The standard InChI is InChI=1S/C23H27N3O2S/c1-16-12-17(14-19(13-16)28-2)9-10-24-22(27)18-6-5-11-26(15-18)23-25-20-7-3-4-8-21(20)29-23/h3-4,7-8,12-14,18H,5-6,9-11,15H2,1-2H3,(H,24,27). The van der Waals surface area contributed by atoms with Gasteiger partial charge in [-0.2, -0.15) is 0 Å². The summed E-state index contributed by atoms with van der Waals surface area (Å²) in [6.07, 6.45) is 2.76. The quantitative estimate of drug-likeness (QED) is 0.663. The molecule has 0 bridgehead atoms. The Morgan fingerprint density at radius 2 is 2.17 bits per heavy atom. The molecule has 4 rings (SSSR count). The predicted octanol–water partition coefficient (Wildman–Crippen LogP) is 4.19. The Hall–Kier alpha value is -2.60. The highest BCUT2D eigenvalue weighted by molar-refractivity contribution is 7.22. The number of para-hydroxylation sites is 1. The SMILES string of the molecule is COc1cc(C)cc(CCNC(=O)C2CCCN(c3nc4ccccc4s3)C2)c1. The summed E-state index contributed by atoms with van der Waals surface area (Å²) in [6, 6.07) is 14.4. The molecule has 1 N–H and O–H groups in total. The highest BCUT2D eigenvalue weighted by Crippen LogP contribution is 2.31. The fourth-order valence-electron chi connectivity index (χ4n) is 3.92. The number of anilines is 1. The number of carbonyl (C=O) groups excluding carboxylic acids is 1. The normalized spacial score (nSPS) is 16.8. The highest BCUT2D eigenvalue weighted by Gasteiger charge is 2.27. The Kier molecular flexibility index (Phi) is 6.00. The lowest BCUT2D eigenvalue weighted by Gasteiger charge is -2.31. The minimum atomic E-state index is 0.0165. The molecule has 0 saturated carbocycles. The van der Waals surface area contributed by atoms with Gasteiger partial charge in [-0.25, -0.2) is 4.98 Å². The zero-order valence-corrected chi connectivity index (χ0v) is 17.8. The number of methoxy groups -OCH3 is 1. The summed E-state index contributed by atoms with van der Waals surface area (Å²) >= 11 is 1.71. The summed E-state index contributed by atoms with van der Waals surface area (Å²) in [4.78, 5) is 19.8. The number of ether oxygens (including phenoxy) is 1. The van der Waals surface area contributed by atoms with Crippen molar-refractivity contribution >= 4 is 32.6 Å². The van der Waals surface area contributed by atoms with Crippen LogP contribution >= 0.6 is 11.3 Å². The second-order valence-corrected chi connectivity index (χ2v) is 8.66. The largest absolute Gasteiger partial charge is 0.497 e. The Morgan fingerprint density at radius 1 is 1.31 bits per heavy atom. The molecule has 3 aromatic rings. The molecule has 0 aliphatic carbocycles. The number of thiazole rings is 1. The van der Waals surface area contributed by atoms with E-state index in [1.807, 2.05) is 30.3 Å². The lowest BCUT2D eigenvalue weighted by molar-refractivity contribution is -0.125. The van der Waals surface area contributed by atoms with Crippen LogP contribution in [-0.4, -0.2) is 37.6 Å². The van der Waals surface area contributed by atoms with Crippen LogP contribution in [-0.2, 0) is 11.2 Å². The van der Waals surface area contributed by atoms with Crippen LogP contribution in [0.5, 0.6) is 5.75 Å². The van der Waals surface area contributed by atoms with Crippen molar-refractivity contribution in [1.82, 2.24) is 10.3 Å². The van der Waals surface area contributed by atoms with Gasteiger partial charge in [-0.1, -0.05) is 29.5 Å². The van der Waals surface area contributed by atoms with Crippen molar-refractivity contribution in [2.75, 3.05) is 31.6 Å². The first-order valence-electron chi connectivity index (χ1n) is 10.1. The first-order valence-corrected chi connectivity index (χ1v) is 11.0. The maximum Gasteiger partial charge on any atom is 0.224 e. The Bertz CT molecular complexity index is 968. The van der Waals surface area contributed by atoms with E-state index in [-0.39, 0.29) is 11.8 Å². The van der Waals surface area contributed by atoms with E-state index in [1.54, 1.807) is 18.4 Å². The molecule has 152 valence electrons. The third kappa shape index (κ3) is 4.70. The number of aryl methyl sites for hydroxylation is 1. The average Bonchev–Trinajstić information content (AvgIpc) is 3.18. The molecule has 1 aliphatic heterocycles. The van der Waals surface area contributed by atoms with Crippen LogP contribution in [0.15, 0.2) is 42.5 Å². The smallest absolute Gasteiger partial charge is 0.224 e. The molecule has 1 fully saturated rings. The molecular weight excluding hydrogens is 382 g/mol. The topological polar surface area (TPSA) is 54.5 Å². The molecular formula is C23H27N3O2S. The molecule has 1 amide bonds. The number of amides is 1. The van der Waals surface area contributed by atoms with Crippen molar-refractivity contribution in [2.45, 2.75) is 26.2 Å². The van der Waals surface area contributed by atoms with Crippen LogP contribution < -0.4 is 15.0 Å². The molecule has 5 nitrogen and oxygen atoms in total. The fraction of sp³-hybridized carbons (Fsp3) is 0.391. The van der Waals surface area contributed by atoms with Gasteiger partial charge in [-0.05, 0) is 61.6 Å². The van der Waals surface area contributed by atoms with E-state index in [4.69, 9.17) is 9.72 Å². The second kappa shape index (κ2) is 8.82. The van der Waals surface area contributed by atoms with Crippen LogP contribution in [0.4, 0.5) is 5.13 Å². The summed E-state index contributed by atoms with van der Waals surface area (Å²) in [6.45, 7) is 4.41. The van der Waals surface area contributed by atoms with Crippen molar-refractivity contribution < 1.29 is 9.53 Å². The van der Waals surface area contributed by atoms with Gasteiger partial charge in [0.1, 0.15) is 5.75 Å². The number of benzene rings is 2. The number of carbonyl (C=O) groups is 1. The van der Waals surface area contributed by atoms with Crippen LogP contribution in [0.25, 0.3) is 10.2 Å². The van der Waals surface area contributed by atoms with Gasteiger partial charge in [0, 0.05) is 19.6 Å². The van der Waals surface area contributed by atoms with Gasteiger partial charge in [-0.15, -0.1) is 0 Å². The summed E-state index contributed by atoms with van der Waals surface area (Å²) in [5, 5.41) is 4.16. The Labute approximate surface area is 175 Å². The molecule has 1 saturated heterocycles. The lowest BCUT2D eigenvalue weighted by atomic mass is 9.97. The van der Waals surface area contributed by atoms with Crippen LogP contribution in [0.1, 0.15) is 24.0 Å².